The van der Waals surface area contributed by atoms with Crippen molar-refractivity contribution in [3.63, 3.8) is 0 Å². The monoisotopic (exact) mass is 237 g/mol. The van der Waals surface area contributed by atoms with E-state index in [0.717, 1.165) is 18.9 Å². The molecule has 1 aromatic rings. The molecule has 94 valence electrons. The number of aliphatic hydroxyl groups is 1. The molecule has 1 atom stereocenters. The van der Waals surface area contributed by atoms with E-state index in [1.165, 1.54) is 5.56 Å². The molecule has 0 aromatic carbocycles. The van der Waals surface area contributed by atoms with Crippen LogP contribution in [0.1, 0.15) is 5.56 Å². The third-order valence-electron chi connectivity index (χ3n) is 2.86. The molecule has 2 N–H and O–H groups in total. The van der Waals surface area contributed by atoms with Crippen LogP contribution in [0.4, 0.5) is 5.82 Å². The number of anilines is 1. The van der Waals surface area contributed by atoms with Gasteiger partial charge in [-0.25, -0.2) is 4.98 Å². The maximum Gasteiger partial charge on any atom is 0.128 e. The molecule has 5 heteroatoms. The predicted molar refractivity (Wildman–Crippen MR) is 66.0 cm³/mol. The SMILES string of the molecule is CNCc1ccc(N2CCOC(CO)C2)nc1. The van der Waals surface area contributed by atoms with Gasteiger partial charge in [0.2, 0.25) is 0 Å². The number of hydrogen-bond donors (Lipinski definition) is 2. The number of aromatic nitrogens is 1. The Balaban J connectivity index is 2.01. The average Bonchev–Trinajstić information content (AvgIpc) is 2.40. The summed E-state index contributed by atoms with van der Waals surface area (Å²) in [4.78, 5) is 6.58. The maximum atomic E-state index is 9.09. The van der Waals surface area contributed by atoms with Crippen molar-refractivity contribution in [1.82, 2.24) is 10.3 Å². The molecule has 1 aliphatic rings. The van der Waals surface area contributed by atoms with E-state index in [1.807, 2.05) is 19.3 Å². The average molecular weight is 237 g/mol. The standard InChI is InChI=1S/C12H19N3O2/c1-13-6-10-2-3-12(14-7-10)15-4-5-17-11(8-15)9-16/h2-3,7,11,13,16H,4-6,8-9H2,1H3. The largest absolute Gasteiger partial charge is 0.394 e. The second kappa shape index (κ2) is 5.95. The molecular weight excluding hydrogens is 218 g/mol. The second-order valence-corrected chi connectivity index (χ2v) is 4.18. The van der Waals surface area contributed by atoms with Gasteiger partial charge in [0.25, 0.3) is 0 Å². The molecular formula is C12H19N3O2. The lowest BCUT2D eigenvalue weighted by atomic mass is 10.2. The lowest BCUT2D eigenvalue weighted by molar-refractivity contribution is 0.00336. The Kier molecular flexibility index (Phi) is 4.30. The van der Waals surface area contributed by atoms with Crippen LogP contribution < -0.4 is 10.2 Å². The van der Waals surface area contributed by atoms with Crippen LogP contribution in [0, 0.1) is 0 Å². The Hall–Kier alpha value is -1.17. The Morgan fingerprint density at radius 1 is 1.59 bits per heavy atom. The van der Waals surface area contributed by atoms with Crippen LogP contribution in [0.3, 0.4) is 0 Å². The summed E-state index contributed by atoms with van der Waals surface area (Å²) in [6.45, 7) is 3.07. The molecule has 2 heterocycles. The first-order chi connectivity index (χ1) is 8.33. The summed E-state index contributed by atoms with van der Waals surface area (Å²) in [5.41, 5.74) is 1.17. The number of nitrogens with one attached hydrogen (secondary N) is 1. The van der Waals surface area contributed by atoms with Gasteiger partial charge in [-0.3, -0.25) is 0 Å². The van der Waals surface area contributed by atoms with E-state index in [-0.39, 0.29) is 12.7 Å². The number of pyridine rings is 1. The minimum absolute atomic E-state index is 0.0638. The van der Waals surface area contributed by atoms with Crippen LogP contribution in [-0.2, 0) is 11.3 Å². The molecule has 1 saturated heterocycles. The molecule has 5 nitrogen and oxygen atoms in total. The Morgan fingerprint density at radius 3 is 3.12 bits per heavy atom. The molecule has 1 aromatic heterocycles. The van der Waals surface area contributed by atoms with Crippen molar-refractivity contribution in [1.29, 1.82) is 0 Å². The van der Waals surface area contributed by atoms with Crippen molar-refractivity contribution in [3.8, 4) is 0 Å². The number of rotatable bonds is 4. The van der Waals surface area contributed by atoms with Gasteiger partial charge in [0.05, 0.1) is 19.3 Å². The Bertz CT molecular complexity index is 342. The molecule has 0 radical (unpaired) electrons. The summed E-state index contributed by atoms with van der Waals surface area (Å²) >= 11 is 0. The van der Waals surface area contributed by atoms with Gasteiger partial charge in [-0.1, -0.05) is 6.07 Å². The van der Waals surface area contributed by atoms with E-state index in [1.54, 1.807) is 0 Å². The van der Waals surface area contributed by atoms with Crippen LogP contribution in [0.5, 0.6) is 0 Å². The smallest absolute Gasteiger partial charge is 0.128 e. The van der Waals surface area contributed by atoms with Gasteiger partial charge in [-0.15, -0.1) is 0 Å². The first kappa shape index (κ1) is 12.3. The highest BCUT2D eigenvalue weighted by atomic mass is 16.5. The van der Waals surface area contributed by atoms with Crippen LogP contribution in [0.15, 0.2) is 18.3 Å². The maximum absolute atomic E-state index is 9.09. The summed E-state index contributed by atoms with van der Waals surface area (Å²) in [5, 5.41) is 12.2. The van der Waals surface area contributed by atoms with Gasteiger partial charge in [-0.2, -0.15) is 0 Å². The second-order valence-electron chi connectivity index (χ2n) is 4.18. The highest BCUT2D eigenvalue weighted by molar-refractivity contribution is 5.39. The van der Waals surface area contributed by atoms with Gasteiger partial charge in [0.1, 0.15) is 5.82 Å². The zero-order valence-electron chi connectivity index (χ0n) is 10.1. The van der Waals surface area contributed by atoms with E-state index in [9.17, 15) is 0 Å². The summed E-state index contributed by atoms with van der Waals surface area (Å²) in [5.74, 6) is 0.951. The van der Waals surface area contributed by atoms with Gasteiger partial charge < -0.3 is 20.1 Å². The van der Waals surface area contributed by atoms with Crippen LogP contribution >= 0.6 is 0 Å². The lowest BCUT2D eigenvalue weighted by Gasteiger charge is -2.32. The summed E-state index contributed by atoms with van der Waals surface area (Å²) in [6.07, 6.45) is 1.79. The molecule has 0 spiro atoms. The predicted octanol–water partition coefficient (Wildman–Crippen LogP) is -0.00150. The summed E-state index contributed by atoms with van der Waals surface area (Å²) < 4.78 is 5.41. The number of hydrogen-bond acceptors (Lipinski definition) is 5. The van der Waals surface area contributed by atoms with Gasteiger partial charge >= 0.3 is 0 Å². The summed E-state index contributed by atoms with van der Waals surface area (Å²) in [7, 11) is 1.92. The fourth-order valence-electron chi connectivity index (χ4n) is 1.95. The number of ether oxygens (including phenoxy) is 1. The van der Waals surface area contributed by atoms with Crippen molar-refractivity contribution in [2.75, 3.05) is 38.3 Å². The summed E-state index contributed by atoms with van der Waals surface area (Å²) in [6, 6.07) is 4.09. The molecule has 0 aliphatic carbocycles. The van der Waals surface area contributed by atoms with E-state index in [4.69, 9.17) is 9.84 Å². The lowest BCUT2D eigenvalue weighted by Crippen LogP contribution is -2.44. The topological polar surface area (TPSA) is 57.6 Å². The van der Waals surface area contributed by atoms with Gasteiger partial charge in [-0.05, 0) is 18.7 Å². The van der Waals surface area contributed by atoms with E-state index in [0.29, 0.717) is 13.2 Å². The molecule has 1 aliphatic heterocycles. The molecule has 0 amide bonds. The number of aliphatic hydroxyl groups excluding tert-OH is 1. The van der Waals surface area contributed by atoms with Crippen LogP contribution in [0.25, 0.3) is 0 Å². The van der Waals surface area contributed by atoms with Gasteiger partial charge in [0, 0.05) is 25.8 Å². The third-order valence-corrected chi connectivity index (χ3v) is 2.86. The fourth-order valence-corrected chi connectivity index (χ4v) is 1.95. The highest BCUT2D eigenvalue weighted by Crippen LogP contribution is 2.15. The highest BCUT2D eigenvalue weighted by Gasteiger charge is 2.20. The molecule has 1 unspecified atom stereocenters. The zero-order valence-corrected chi connectivity index (χ0v) is 10.1. The fraction of sp³-hybridized carbons (Fsp3) is 0.583. The molecule has 0 bridgehead atoms. The van der Waals surface area contributed by atoms with E-state index < -0.39 is 0 Å². The molecule has 17 heavy (non-hydrogen) atoms. The van der Waals surface area contributed by atoms with Gasteiger partial charge in [0.15, 0.2) is 0 Å². The van der Waals surface area contributed by atoms with Crippen molar-refractivity contribution < 1.29 is 9.84 Å². The van der Waals surface area contributed by atoms with Crippen molar-refractivity contribution in [2.45, 2.75) is 12.6 Å². The van der Waals surface area contributed by atoms with E-state index in [2.05, 4.69) is 21.3 Å². The zero-order chi connectivity index (χ0) is 12.1. The molecule has 1 fully saturated rings. The molecule has 0 saturated carbocycles. The van der Waals surface area contributed by atoms with Crippen LogP contribution in [0.2, 0.25) is 0 Å². The van der Waals surface area contributed by atoms with Crippen molar-refractivity contribution in [3.05, 3.63) is 23.9 Å². The first-order valence-corrected chi connectivity index (χ1v) is 5.90. The Morgan fingerprint density at radius 2 is 2.47 bits per heavy atom. The minimum atomic E-state index is -0.0949. The Labute approximate surface area is 101 Å². The van der Waals surface area contributed by atoms with E-state index >= 15 is 0 Å². The van der Waals surface area contributed by atoms with Crippen molar-refractivity contribution in [2.24, 2.45) is 0 Å². The third kappa shape index (κ3) is 3.15. The number of nitrogens with zero attached hydrogens (tertiary/aromatic N) is 2. The normalized spacial score (nSPS) is 20.6. The molecule has 2 rings (SSSR count). The van der Waals surface area contributed by atoms with Crippen molar-refractivity contribution >= 4 is 5.82 Å². The quantitative estimate of drug-likeness (QED) is 0.772. The minimum Gasteiger partial charge on any atom is -0.394 e. The first-order valence-electron chi connectivity index (χ1n) is 5.90. The number of morpholine rings is 1. The van der Waals surface area contributed by atoms with Crippen LogP contribution in [-0.4, -0.2) is 49.5 Å².